The van der Waals surface area contributed by atoms with Crippen molar-refractivity contribution in [1.82, 2.24) is 10.2 Å². The first kappa shape index (κ1) is 18.5. The third kappa shape index (κ3) is 3.59. The summed E-state index contributed by atoms with van der Waals surface area (Å²) in [4.78, 5) is 13.2. The maximum atomic E-state index is 13.2. The molecule has 4 heteroatoms. The van der Waals surface area contributed by atoms with Crippen molar-refractivity contribution in [2.45, 2.75) is 51.9 Å². The number of amides is 1. The number of aryl methyl sites for hydroxylation is 2. The van der Waals surface area contributed by atoms with Crippen LogP contribution in [-0.4, -0.2) is 16.1 Å². The minimum Gasteiger partial charge on any atom is -0.322 e. The van der Waals surface area contributed by atoms with Crippen LogP contribution in [0.15, 0.2) is 48.5 Å². The number of nitrogens with zero attached hydrogens (tertiary/aromatic N) is 1. The average molecular weight is 374 g/mol. The molecule has 1 heterocycles. The Balaban J connectivity index is 1.70. The molecule has 144 valence electrons. The summed E-state index contributed by atoms with van der Waals surface area (Å²) in [6.45, 7) is 6.24. The van der Waals surface area contributed by atoms with E-state index in [4.69, 9.17) is 0 Å². The Kier molecular flexibility index (Phi) is 5.03. The molecule has 0 spiro atoms. The fraction of sp³-hybridized carbons (Fsp3) is 0.333. The molecule has 0 bridgehead atoms. The van der Waals surface area contributed by atoms with Crippen LogP contribution in [0, 0.1) is 13.8 Å². The second-order valence-corrected chi connectivity index (χ2v) is 7.81. The Labute approximate surface area is 166 Å². The van der Waals surface area contributed by atoms with Gasteiger partial charge in [-0.15, -0.1) is 0 Å². The molecule has 3 aromatic rings. The molecule has 1 aromatic heterocycles. The molecule has 0 radical (unpaired) electrons. The van der Waals surface area contributed by atoms with E-state index in [1.165, 1.54) is 11.1 Å². The first-order valence-electron chi connectivity index (χ1n) is 10.1. The smallest absolute Gasteiger partial charge is 0.232 e. The molecule has 2 aromatic carbocycles. The van der Waals surface area contributed by atoms with Crippen molar-refractivity contribution in [3.8, 4) is 11.3 Å². The molecule has 1 aliphatic rings. The van der Waals surface area contributed by atoms with Gasteiger partial charge < -0.3 is 5.32 Å². The molecule has 0 unspecified atom stereocenters. The quantitative estimate of drug-likeness (QED) is 0.582. The van der Waals surface area contributed by atoms with E-state index in [1.807, 2.05) is 30.3 Å². The Bertz CT molecular complexity index is 986. The maximum absolute atomic E-state index is 13.2. The van der Waals surface area contributed by atoms with E-state index >= 15 is 0 Å². The van der Waals surface area contributed by atoms with Gasteiger partial charge in [-0.2, -0.15) is 5.10 Å². The summed E-state index contributed by atoms with van der Waals surface area (Å²) in [6, 6.07) is 16.4. The Morgan fingerprint density at radius 2 is 1.93 bits per heavy atom. The number of benzene rings is 2. The van der Waals surface area contributed by atoms with Gasteiger partial charge in [-0.1, -0.05) is 61.0 Å². The zero-order valence-corrected chi connectivity index (χ0v) is 16.8. The molecule has 1 amide bonds. The van der Waals surface area contributed by atoms with E-state index in [0.29, 0.717) is 5.92 Å². The zero-order valence-electron chi connectivity index (χ0n) is 16.8. The Morgan fingerprint density at radius 3 is 2.57 bits per heavy atom. The van der Waals surface area contributed by atoms with Crippen molar-refractivity contribution in [1.29, 1.82) is 0 Å². The van der Waals surface area contributed by atoms with Gasteiger partial charge >= 0.3 is 0 Å². The molecule has 0 aliphatic heterocycles. The molecule has 1 aliphatic carbocycles. The highest BCUT2D eigenvalue weighted by Gasteiger charge is 2.32. The van der Waals surface area contributed by atoms with E-state index < -0.39 is 0 Å². The molecule has 1 saturated carbocycles. The number of H-pyrrole nitrogens is 1. The summed E-state index contributed by atoms with van der Waals surface area (Å²) in [5.41, 5.74) is 7.26. The fourth-order valence-electron chi connectivity index (χ4n) is 3.89. The predicted octanol–water partition coefficient (Wildman–Crippen LogP) is 5.70. The van der Waals surface area contributed by atoms with Gasteiger partial charge in [-0.05, 0) is 44.2 Å². The van der Waals surface area contributed by atoms with Crippen LogP contribution in [0.3, 0.4) is 0 Å². The Morgan fingerprint density at radius 1 is 1.18 bits per heavy atom. The number of hydrogen-bond donors (Lipinski definition) is 2. The van der Waals surface area contributed by atoms with Crippen LogP contribution in [0.2, 0.25) is 0 Å². The normalized spacial score (nSPS) is 14.7. The van der Waals surface area contributed by atoms with Gasteiger partial charge in [-0.25, -0.2) is 0 Å². The highest BCUT2D eigenvalue weighted by Crippen LogP contribution is 2.45. The second-order valence-electron chi connectivity index (χ2n) is 7.81. The van der Waals surface area contributed by atoms with E-state index in [1.54, 1.807) is 0 Å². The summed E-state index contributed by atoms with van der Waals surface area (Å²) < 4.78 is 0. The number of nitrogens with one attached hydrogen (secondary N) is 2. The molecule has 4 rings (SSSR count). The standard InChI is InChI=1S/C24H27N3O/c1-4-19(17-8-6-5-7-9-17)24(28)25-23-21(18-11-12-18)26-27-22(23)20-13-10-15(2)14-16(20)3/h5-10,13-14,18-19H,4,11-12H2,1-3H3,(H,25,28)(H,26,27)/t19-/m1/s1. The lowest BCUT2D eigenvalue weighted by Gasteiger charge is -2.17. The van der Waals surface area contributed by atoms with Crippen molar-refractivity contribution in [3.63, 3.8) is 0 Å². The first-order valence-corrected chi connectivity index (χ1v) is 10.1. The van der Waals surface area contributed by atoms with Crippen molar-refractivity contribution in [3.05, 3.63) is 70.9 Å². The minimum absolute atomic E-state index is 0.0306. The number of carbonyl (C=O) groups is 1. The van der Waals surface area contributed by atoms with Crippen LogP contribution in [0.25, 0.3) is 11.3 Å². The second kappa shape index (κ2) is 7.63. The van der Waals surface area contributed by atoms with Crippen LogP contribution >= 0.6 is 0 Å². The summed E-state index contributed by atoms with van der Waals surface area (Å²) in [5.74, 6) is 0.331. The fourth-order valence-corrected chi connectivity index (χ4v) is 3.89. The number of aromatic nitrogens is 2. The first-order chi connectivity index (χ1) is 13.6. The highest BCUT2D eigenvalue weighted by molar-refractivity contribution is 5.99. The summed E-state index contributed by atoms with van der Waals surface area (Å²) in [5, 5.41) is 11.1. The number of anilines is 1. The van der Waals surface area contributed by atoms with Gasteiger partial charge in [0.25, 0.3) is 0 Å². The van der Waals surface area contributed by atoms with Crippen molar-refractivity contribution in [2.24, 2.45) is 0 Å². The number of carbonyl (C=O) groups excluding carboxylic acids is 1. The van der Waals surface area contributed by atoms with E-state index in [0.717, 1.165) is 47.5 Å². The van der Waals surface area contributed by atoms with Gasteiger partial charge in [0.2, 0.25) is 5.91 Å². The minimum atomic E-state index is -0.171. The predicted molar refractivity (Wildman–Crippen MR) is 114 cm³/mol. The van der Waals surface area contributed by atoms with Crippen LogP contribution < -0.4 is 5.32 Å². The van der Waals surface area contributed by atoms with Gasteiger partial charge in [0.1, 0.15) is 5.69 Å². The van der Waals surface area contributed by atoms with Gasteiger partial charge in [0, 0.05) is 11.5 Å². The van der Waals surface area contributed by atoms with Crippen molar-refractivity contribution >= 4 is 11.6 Å². The van der Waals surface area contributed by atoms with Crippen LogP contribution in [-0.2, 0) is 4.79 Å². The van der Waals surface area contributed by atoms with E-state index in [-0.39, 0.29) is 11.8 Å². The van der Waals surface area contributed by atoms with Crippen LogP contribution in [0.4, 0.5) is 5.69 Å². The lowest BCUT2D eigenvalue weighted by atomic mass is 9.95. The monoisotopic (exact) mass is 373 g/mol. The molecule has 2 N–H and O–H groups in total. The molecule has 0 saturated heterocycles. The summed E-state index contributed by atoms with van der Waals surface area (Å²) in [6.07, 6.45) is 3.05. The summed E-state index contributed by atoms with van der Waals surface area (Å²) >= 11 is 0. The largest absolute Gasteiger partial charge is 0.322 e. The van der Waals surface area contributed by atoms with Gasteiger partial charge in [0.15, 0.2) is 0 Å². The topological polar surface area (TPSA) is 57.8 Å². The number of aromatic amines is 1. The third-order valence-corrected chi connectivity index (χ3v) is 5.59. The molecule has 4 nitrogen and oxygen atoms in total. The average Bonchev–Trinajstić information content (AvgIpc) is 3.45. The van der Waals surface area contributed by atoms with E-state index in [9.17, 15) is 4.79 Å². The molecule has 1 atom stereocenters. The Hall–Kier alpha value is -2.88. The summed E-state index contributed by atoms with van der Waals surface area (Å²) in [7, 11) is 0. The SMILES string of the molecule is CC[C@@H](C(=O)Nc1c(-c2ccc(C)cc2C)n[nH]c1C1CC1)c1ccccc1. The molecule has 1 fully saturated rings. The van der Waals surface area contributed by atoms with Gasteiger partial charge in [0.05, 0.1) is 17.3 Å². The molecular weight excluding hydrogens is 346 g/mol. The lowest BCUT2D eigenvalue weighted by Crippen LogP contribution is -2.21. The molecular formula is C24H27N3O. The molecule has 28 heavy (non-hydrogen) atoms. The highest BCUT2D eigenvalue weighted by atomic mass is 16.1. The van der Waals surface area contributed by atoms with Crippen molar-refractivity contribution < 1.29 is 4.79 Å². The number of rotatable bonds is 6. The van der Waals surface area contributed by atoms with Crippen LogP contribution in [0.5, 0.6) is 0 Å². The zero-order chi connectivity index (χ0) is 19.7. The third-order valence-electron chi connectivity index (χ3n) is 5.59. The maximum Gasteiger partial charge on any atom is 0.232 e. The van der Waals surface area contributed by atoms with Crippen LogP contribution in [0.1, 0.15) is 60.4 Å². The van der Waals surface area contributed by atoms with Crippen molar-refractivity contribution in [2.75, 3.05) is 5.32 Å². The van der Waals surface area contributed by atoms with Gasteiger partial charge in [-0.3, -0.25) is 9.89 Å². The van der Waals surface area contributed by atoms with E-state index in [2.05, 4.69) is 54.5 Å². The number of hydrogen-bond acceptors (Lipinski definition) is 2. The lowest BCUT2D eigenvalue weighted by molar-refractivity contribution is -0.117.